The monoisotopic (exact) mass is 255 g/mol. The Morgan fingerprint density at radius 1 is 1.06 bits per heavy atom. The molecule has 0 saturated carbocycles. The molecule has 2 unspecified atom stereocenters. The van der Waals surface area contributed by atoms with Gasteiger partial charge in [0.05, 0.1) is 6.61 Å². The molecule has 2 nitrogen and oxygen atoms in total. The van der Waals surface area contributed by atoms with E-state index in [1.807, 2.05) is 0 Å². The molecule has 0 radical (unpaired) electrons. The van der Waals surface area contributed by atoms with Gasteiger partial charge >= 0.3 is 0 Å². The first-order chi connectivity index (χ1) is 8.84. The normalized spacial score (nSPS) is 21.3. The molecule has 2 heteroatoms. The van der Waals surface area contributed by atoms with E-state index in [9.17, 15) is 0 Å². The zero-order chi connectivity index (χ0) is 13.1. The summed E-state index contributed by atoms with van der Waals surface area (Å²) in [5.74, 6) is 0.749. The largest absolute Gasteiger partial charge is 0.381 e. The number of hydrogen-bond donors (Lipinski definition) is 1. The van der Waals surface area contributed by atoms with E-state index in [1.54, 1.807) is 0 Å². The van der Waals surface area contributed by atoms with Gasteiger partial charge in [0.2, 0.25) is 0 Å². The smallest absolute Gasteiger partial charge is 0.0509 e. The number of nitrogens with one attached hydrogen (secondary N) is 1. The third-order valence-electron chi connectivity index (χ3n) is 4.17. The molecule has 1 saturated heterocycles. The summed E-state index contributed by atoms with van der Waals surface area (Å²) in [4.78, 5) is 0. The molecular weight excluding hydrogens is 222 g/mol. The van der Waals surface area contributed by atoms with E-state index in [4.69, 9.17) is 4.74 Å². The molecule has 0 aromatic heterocycles. The number of ether oxygens (including phenoxy) is 1. The molecule has 108 valence electrons. The van der Waals surface area contributed by atoms with Crippen LogP contribution in [-0.2, 0) is 4.74 Å². The first kappa shape index (κ1) is 16.0. The first-order valence-corrected chi connectivity index (χ1v) is 8.15. The number of hydrogen-bond acceptors (Lipinski definition) is 2. The third-order valence-corrected chi connectivity index (χ3v) is 4.17. The highest BCUT2D eigenvalue weighted by molar-refractivity contribution is 4.75. The molecule has 0 aromatic carbocycles. The maximum atomic E-state index is 5.43. The van der Waals surface area contributed by atoms with Gasteiger partial charge in [-0.3, -0.25) is 0 Å². The molecule has 1 aliphatic heterocycles. The standard InChI is InChI=1S/C16H33NO/c1-3-4-5-6-7-8-9-10-12-17-15(2)16-11-13-18-14-16/h15-17H,3-14H2,1-2H3. The zero-order valence-corrected chi connectivity index (χ0v) is 12.5. The maximum absolute atomic E-state index is 5.43. The van der Waals surface area contributed by atoms with Crippen LogP contribution in [0.15, 0.2) is 0 Å². The van der Waals surface area contributed by atoms with Crippen molar-refractivity contribution >= 4 is 0 Å². The molecular formula is C16H33NO. The van der Waals surface area contributed by atoms with Crippen LogP contribution in [0.4, 0.5) is 0 Å². The van der Waals surface area contributed by atoms with Crippen LogP contribution in [0.1, 0.15) is 71.6 Å². The summed E-state index contributed by atoms with van der Waals surface area (Å²) in [6.45, 7) is 7.71. The van der Waals surface area contributed by atoms with E-state index >= 15 is 0 Å². The van der Waals surface area contributed by atoms with Gasteiger partial charge in [-0.15, -0.1) is 0 Å². The Morgan fingerprint density at radius 2 is 1.72 bits per heavy atom. The molecule has 1 aliphatic rings. The van der Waals surface area contributed by atoms with Crippen molar-refractivity contribution in [1.29, 1.82) is 0 Å². The Bertz CT molecular complexity index is 178. The Hall–Kier alpha value is -0.0800. The van der Waals surface area contributed by atoms with E-state index in [0.717, 1.165) is 19.1 Å². The second-order valence-electron chi connectivity index (χ2n) is 5.84. The summed E-state index contributed by atoms with van der Waals surface area (Å²) < 4.78 is 5.43. The van der Waals surface area contributed by atoms with Crippen molar-refractivity contribution in [1.82, 2.24) is 5.32 Å². The van der Waals surface area contributed by atoms with Crippen LogP contribution >= 0.6 is 0 Å². The Kier molecular flexibility index (Phi) is 9.59. The Labute approximate surface area is 114 Å². The molecule has 0 amide bonds. The van der Waals surface area contributed by atoms with Gasteiger partial charge in [0, 0.05) is 12.6 Å². The predicted octanol–water partition coefficient (Wildman–Crippen LogP) is 4.14. The third kappa shape index (κ3) is 7.38. The Balaban J connectivity index is 1.80. The van der Waals surface area contributed by atoms with Crippen LogP contribution in [0.3, 0.4) is 0 Å². The van der Waals surface area contributed by atoms with Gasteiger partial charge in [-0.2, -0.15) is 0 Å². The van der Waals surface area contributed by atoms with Gasteiger partial charge in [0.1, 0.15) is 0 Å². The highest BCUT2D eigenvalue weighted by atomic mass is 16.5. The van der Waals surface area contributed by atoms with Crippen LogP contribution in [-0.4, -0.2) is 25.8 Å². The predicted molar refractivity (Wildman–Crippen MR) is 79.0 cm³/mol. The van der Waals surface area contributed by atoms with Crippen molar-refractivity contribution in [2.75, 3.05) is 19.8 Å². The van der Waals surface area contributed by atoms with Crippen LogP contribution in [0.2, 0.25) is 0 Å². The lowest BCUT2D eigenvalue weighted by Crippen LogP contribution is -2.34. The molecule has 0 aliphatic carbocycles. The average Bonchev–Trinajstić information content (AvgIpc) is 2.90. The molecule has 1 rings (SSSR count). The lowest BCUT2D eigenvalue weighted by Gasteiger charge is -2.19. The SMILES string of the molecule is CCCCCCCCCCNC(C)C1CCOC1. The van der Waals surface area contributed by atoms with Crippen molar-refractivity contribution < 1.29 is 4.74 Å². The fourth-order valence-corrected chi connectivity index (χ4v) is 2.70. The minimum atomic E-state index is 0.636. The summed E-state index contributed by atoms with van der Waals surface area (Å²) in [6, 6.07) is 0.636. The van der Waals surface area contributed by atoms with Crippen LogP contribution < -0.4 is 5.32 Å². The van der Waals surface area contributed by atoms with Gasteiger partial charge in [0.25, 0.3) is 0 Å². The minimum Gasteiger partial charge on any atom is -0.381 e. The second kappa shape index (κ2) is 10.8. The number of unbranched alkanes of at least 4 members (excludes halogenated alkanes) is 7. The van der Waals surface area contributed by atoms with E-state index in [0.29, 0.717) is 6.04 Å². The van der Waals surface area contributed by atoms with Crippen molar-refractivity contribution in [3.8, 4) is 0 Å². The number of rotatable bonds is 11. The molecule has 1 heterocycles. The average molecular weight is 255 g/mol. The molecule has 1 fully saturated rings. The summed E-state index contributed by atoms with van der Waals surface area (Å²) in [5.41, 5.74) is 0. The van der Waals surface area contributed by atoms with Crippen molar-refractivity contribution in [3.05, 3.63) is 0 Å². The lowest BCUT2D eigenvalue weighted by atomic mass is 10.0. The van der Waals surface area contributed by atoms with Gasteiger partial charge < -0.3 is 10.1 Å². The van der Waals surface area contributed by atoms with Crippen LogP contribution in [0.25, 0.3) is 0 Å². The van der Waals surface area contributed by atoms with E-state index in [1.165, 1.54) is 64.3 Å². The quantitative estimate of drug-likeness (QED) is 0.560. The van der Waals surface area contributed by atoms with Crippen molar-refractivity contribution in [2.24, 2.45) is 5.92 Å². The fourth-order valence-electron chi connectivity index (χ4n) is 2.70. The van der Waals surface area contributed by atoms with Gasteiger partial charge in [-0.05, 0) is 32.2 Å². The highest BCUT2D eigenvalue weighted by Gasteiger charge is 2.21. The molecule has 0 bridgehead atoms. The van der Waals surface area contributed by atoms with Crippen LogP contribution in [0, 0.1) is 5.92 Å². The van der Waals surface area contributed by atoms with Crippen molar-refractivity contribution in [3.63, 3.8) is 0 Å². The zero-order valence-electron chi connectivity index (χ0n) is 12.5. The van der Waals surface area contributed by atoms with E-state index < -0.39 is 0 Å². The highest BCUT2D eigenvalue weighted by Crippen LogP contribution is 2.16. The van der Waals surface area contributed by atoms with E-state index in [-0.39, 0.29) is 0 Å². The minimum absolute atomic E-state index is 0.636. The molecule has 18 heavy (non-hydrogen) atoms. The summed E-state index contributed by atoms with van der Waals surface area (Å²) in [5, 5.41) is 3.66. The molecule has 2 atom stereocenters. The molecule has 0 spiro atoms. The van der Waals surface area contributed by atoms with Crippen LogP contribution in [0.5, 0.6) is 0 Å². The first-order valence-electron chi connectivity index (χ1n) is 8.15. The molecule has 0 aromatic rings. The van der Waals surface area contributed by atoms with Crippen molar-refractivity contribution in [2.45, 2.75) is 77.7 Å². The molecule has 1 N–H and O–H groups in total. The topological polar surface area (TPSA) is 21.3 Å². The van der Waals surface area contributed by atoms with Gasteiger partial charge in [-0.1, -0.05) is 51.9 Å². The maximum Gasteiger partial charge on any atom is 0.0509 e. The lowest BCUT2D eigenvalue weighted by molar-refractivity contribution is 0.178. The summed E-state index contributed by atoms with van der Waals surface area (Å²) in [7, 11) is 0. The van der Waals surface area contributed by atoms with Gasteiger partial charge in [0.15, 0.2) is 0 Å². The summed E-state index contributed by atoms with van der Waals surface area (Å²) in [6.07, 6.45) is 12.5. The fraction of sp³-hybridized carbons (Fsp3) is 1.00. The Morgan fingerprint density at radius 3 is 2.33 bits per heavy atom. The van der Waals surface area contributed by atoms with Gasteiger partial charge in [-0.25, -0.2) is 0 Å². The summed E-state index contributed by atoms with van der Waals surface area (Å²) >= 11 is 0. The van der Waals surface area contributed by atoms with E-state index in [2.05, 4.69) is 19.2 Å². The second-order valence-corrected chi connectivity index (χ2v) is 5.84.